The van der Waals surface area contributed by atoms with Crippen LogP contribution in [-0.4, -0.2) is 12.4 Å². The number of nitrogens with one attached hydrogen (secondary N) is 1. The molecule has 0 atom stereocenters. The van der Waals surface area contributed by atoms with Crippen molar-refractivity contribution in [2.75, 3.05) is 5.32 Å². The van der Waals surface area contributed by atoms with Crippen LogP contribution < -0.4 is 10.1 Å². The summed E-state index contributed by atoms with van der Waals surface area (Å²) in [7, 11) is 0. The highest BCUT2D eigenvalue weighted by Gasteiger charge is 2.31. The Bertz CT molecular complexity index is 417. The minimum atomic E-state index is -4.68. The summed E-state index contributed by atoms with van der Waals surface area (Å²) in [4.78, 5) is 0. The van der Waals surface area contributed by atoms with Crippen LogP contribution in [0, 0.1) is 0 Å². The maximum Gasteiger partial charge on any atom is 0.573 e. The summed E-state index contributed by atoms with van der Waals surface area (Å²) >= 11 is 3.10. The van der Waals surface area contributed by atoms with E-state index >= 15 is 0 Å². The van der Waals surface area contributed by atoms with Gasteiger partial charge in [-0.2, -0.15) is 0 Å². The number of anilines is 1. The molecule has 114 valence electrons. The van der Waals surface area contributed by atoms with Crippen molar-refractivity contribution < 1.29 is 17.9 Å². The van der Waals surface area contributed by atoms with E-state index in [2.05, 4.69) is 39.8 Å². The summed E-state index contributed by atoms with van der Waals surface area (Å²) < 4.78 is 40.7. The molecule has 2 nitrogen and oxygen atoms in total. The first kappa shape index (κ1) is 17.1. The summed E-state index contributed by atoms with van der Waals surface area (Å²) in [6, 6.07) is 4.87. The number of benzene rings is 1. The largest absolute Gasteiger partial charge is 0.573 e. The van der Waals surface area contributed by atoms with E-state index in [4.69, 9.17) is 0 Å². The summed E-state index contributed by atoms with van der Waals surface area (Å²) in [5, 5.41) is 3.34. The fraction of sp³-hybridized carbons (Fsp3) is 0.571. The van der Waals surface area contributed by atoms with Crippen LogP contribution in [0.3, 0.4) is 0 Å². The second-order valence-electron chi connectivity index (χ2n) is 4.61. The zero-order valence-electron chi connectivity index (χ0n) is 11.6. The molecule has 0 fully saturated rings. The maximum atomic E-state index is 12.2. The molecule has 1 N–H and O–H groups in total. The molecular weight excluding hydrogens is 335 g/mol. The van der Waals surface area contributed by atoms with Crippen molar-refractivity contribution in [3.05, 3.63) is 22.7 Å². The van der Waals surface area contributed by atoms with Gasteiger partial charge in [-0.25, -0.2) is 0 Å². The van der Waals surface area contributed by atoms with Gasteiger partial charge in [-0.15, -0.1) is 13.2 Å². The zero-order chi connectivity index (χ0) is 15.2. The molecule has 0 saturated heterocycles. The fourth-order valence-electron chi connectivity index (χ4n) is 2.02. The lowest BCUT2D eigenvalue weighted by atomic mass is 10.1. The Hall–Kier alpha value is -0.910. The summed E-state index contributed by atoms with van der Waals surface area (Å²) in [5.74, 6) is -0.231. The van der Waals surface area contributed by atoms with E-state index in [9.17, 15) is 13.2 Å². The maximum absolute atomic E-state index is 12.2. The predicted molar refractivity (Wildman–Crippen MR) is 78.1 cm³/mol. The van der Waals surface area contributed by atoms with E-state index < -0.39 is 6.36 Å². The van der Waals surface area contributed by atoms with Gasteiger partial charge in [-0.3, -0.25) is 0 Å². The molecule has 0 aliphatic carbocycles. The smallest absolute Gasteiger partial charge is 0.405 e. The molecule has 0 radical (unpaired) electrons. The molecule has 0 aliphatic heterocycles. The molecule has 0 saturated carbocycles. The average Bonchev–Trinajstić information content (AvgIpc) is 2.32. The molecular formula is C14H19BrF3NO. The Balaban J connectivity index is 2.75. The lowest BCUT2D eigenvalue weighted by Gasteiger charge is -2.19. The first-order chi connectivity index (χ1) is 9.35. The molecule has 0 unspecified atom stereocenters. The minimum Gasteiger partial charge on any atom is -0.405 e. The Kier molecular flexibility index (Phi) is 6.65. The third-order valence-electron chi connectivity index (χ3n) is 2.80. The second kappa shape index (κ2) is 7.76. The van der Waals surface area contributed by atoms with Gasteiger partial charge in [-0.1, -0.05) is 26.7 Å². The van der Waals surface area contributed by atoms with Crippen molar-refractivity contribution in [3.8, 4) is 5.75 Å². The van der Waals surface area contributed by atoms with Crippen LogP contribution in [0.2, 0.25) is 0 Å². The van der Waals surface area contributed by atoms with Crippen molar-refractivity contribution in [1.82, 2.24) is 0 Å². The van der Waals surface area contributed by atoms with Crippen LogP contribution in [0.1, 0.15) is 39.5 Å². The lowest BCUT2D eigenvalue weighted by molar-refractivity contribution is -0.274. The Labute approximate surface area is 125 Å². The number of alkyl halides is 3. The predicted octanol–water partition coefficient (Wildman–Crippen LogP) is 5.73. The standard InChI is InChI=1S/C14H19BrF3NO/c1-3-5-10(6-4-2)19-11-7-8-13(12(15)9-11)20-14(16,17)18/h7-10,19H,3-6H2,1-2H3. The van der Waals surface area contributed by atoms with Crippen molar-refractivity contribution in [1.29, 1.82) is 0 Å². The van der Waals surface area contributed by atoms with E-state index in [1.165, 1.54) is 6.07 Å². The van der Waals surface area contributed by atoms with Crippen molar-refractivity contribution in [3.63, 3.8) is 0 Å². The molecule has 0 aliphatic rings. The lowest BCUT2D eigenvalue weighted by Crippen LogP contribution is -2.19. The molecule has 1 aromatic carbocycles. The van der Waals surface area contributed by atoms with Gasteiger partial charge in [0.1, 0.15) is 5.75 Å². The van der Waals surface area contributed by atoms with E-state index in [0.29, 0.717) is 6.04 Å². The average molecular weight is 354 g/mol. The molecule has 1 aromatic rings. The van der Waals surface area contributed by atoms with Gasteiger partial charge in [0.2, 0.25) is 0 Å². The number of hydrogen-bond acceptors (Lipinski definition) is 2. The van der Waals surface area contributed by atoms with Crippen LogP contribution >= 0.6 is 15.9 Å². The van der Waals surface area contributed by atoms with E-state index in [-0.39, 0.29) is 10.2 Å². The highest BCUT2D eigenvalue weighted by molar-refractivity contribution is 9.10. The number of rotatable bonds is 7. The van der Waals surface area contributed by atoms with Crippen LogP contribution in [-0.2, 0) is 0 Å². The van der Waals surface area contributed by atoms with E-state index in [1.807, 2.05) is 0 Å². The SMILES string of the molecule is CCCC(CCC)Nc1ccc(OC(F)(F)F)c(Br)c1. The van der Waals surface area contributed by atoms with Gasteiger partial charge in [0.15, 0.2) is 0 Å². The normalized spacial score (nSPS) is 11.8. The molecule has 0 bridgehead atoms. The van der Waals surface area contributed by atoms with E-state index in [1.54, 1.807) is 12.1 Å². The van der Waals surface area contributed by atoms with Gasteiger partial charge in [0, 0.05) is 11.7 Å². The number of ether oxygens (including phenoxy) is 1. The quantitative estimate of drug-likeness (QED) is 0.675. The second-order valence-corrected chi connectivity index (χ2v) is 5.47. The van der Waals surface area contributed by atoms with Gasteiger partial charge >= 0.3 is 6.36 Å². The van der Waals surface area contributed by atoms with E-state index in [0.717, 1.165) is 31.4 Å². The fourth-order valence-corrected chi connectivity index (χ4v) is 2.48. The van der Waals surface area contributed by atoms with Gasteiger partial charge in [0.25, 0.3) is 0 Å². The summed E-state index contributed by atoms with van der Waals surface area (Å²) in [6.45, 7) is 4.22. The molecule has 20 heavy (non-hydrogen) atoms. The topological polar surface area (TPSA) is 21.3 Å². The van der Waals surface area contributed by atoms with Crippen LogP contribution in [0.25, 0.3) is 0 Å². The van der Waals surface area contributed by atoms with Gasteiger partial charge < -0.3 is 10.1 Å². The number of hydrogen-bond donors (Lipinski definition) is 1. The zero-order valence-corrected chi connectivity index (χ0v) is 13.1. The highest BCUT2D eigenvalue weighted by atomic mass is 79.9. The van der Waals surface area contributed by atoms with Crippen LogP contribution in [0.5, 0.6) is 5.75 Å². The van der Waals surface area contributed by atoms with Gasteiger partial charge in [0.05, 0.1) is 4.47 Å². The first-order valence-corrected chi connectivity index (χ1v) is 7.46. The van der Waals surface area contributed by atoms with Crippen LogP contribution in [0.15, 0.2) is 22.7 Å². The Morgan fingerprint density at radius 3 is 2.25 bits per heavy atom. The van der Waals surface area contributed by atoms with Crippen molar-refractivity contribution >= 4 is 21.6 Å². The molecule has 0 heterocycles. The molecule has 6 heteroatoms. The molecule has 1 rings (SSSR count). The first-order valence-electron chi connectivity index (χ1n) is 6.67. The molecule has 0 spiro atoms. The third-order valence-corrected chi connectivity index (χ3v) is 3.42. The summed E-state index contributed by atoms with van der Waals surface area (Å²) in [5.41, 5.74) is 0.790. The molecule has 0 amide bonds. The van der Waals surface area contributed by atoms with Crippen molar-refractivity contribution in [2.45, 2.75) is 51.9 Å². The minimum absolute atomic E-state index is 0.231. The molecule has 0 aromatic heterocycles. The monoisotopic (exact) mass is 353 g/mol. The number of halogens is 4. The van der Waals surface area contributed by atoms with Crippen molar-refractivity contribution in [2.24, 2.45) is 0 Å². The summed E-state index contributed by atoms with van der Waals surface area (Å²) in [6.07, 6.45) is -0.481. The Morgan fingerprint density at radius 2 is 1.80 bits per heavy atom. The Morgan fingerprint density at radius 1 is 1.20 bits per heavy atom. The van der Waals surface area contributed by atoms with Crippen LogP contribution in [0.4, 0.5) is 18.9 Å². The van der Waals surface area contributed by atoms with Gasteiger partial charge in [-0.05, 0) is 47.0 Å². The highest BCUT2D eigenvalue weighted by Crippen LogP contribution is 2.32. The third kappa shape index (κ3) is 6.03.